The Morgan fingerprint density at radius 3 is 2.30 bits per heavy atom. The van der Waals surface area contributed by atoms with Gasteiger partial charge < -0.3 is 4.74 Å². The zero-order chi connectivity index (χ0) is 16.8. The molecule has 0 saturated heterocycles. The van der Waals surface area contributed by atoms with E-state index in [4.69, 9.17) is 27.9 Å². The summed E-state index contributed by atoms with van der Waals surface area (Å²) in [5.41, 5.74) is 1.62. The fourth-order valence-corrected chi connectivity index (χ4v) is 3.22. The van der Waals surface area contributed by atoms with Crippen LogP contribution < -0.4 is 4.74 Å². The predicted octanol–water partition coefficient (Wildman–Crippen LogP) is 6.41. The maximum Gasteiger partial charge on any atom is 0.224 e. The number of benzene rings is 2. The number of hydrogen-bond donors (Lipinski definition) is 0. The van der Waals surface area contributed by atoms with Crippen LogP contribution in [0.25, 0.3) is 0 Å². The lowest BCUT2D eigenvalue weighted by atomic mass is 10.2. The number of thioether (sulfide) groups is 1. The molecule has 0 saturated carbocycles. The van der Waals surface area contributed by atoms with Gasteiger partial charge >= 0.3 is 0 Å². The van der Waals surface area contributed by atoms with Crippen LogP contribution in [0.1, 0.15) is 35.7 Å². The number of ether oxygens (including phenoxy) is 1. The van der Waals surface area contributed by atoms with Crippen LogP contribution in [0, 0.1) is 6.92 Å². The van der Waals surface area contributed by atoms with E-state index in [1.807, 2.05) is 31.2 Å². The minimum Gasteiger partial charge on any atom is -0.490 e. The normalized spacial score (nSPS) is 10.6. The van der Waals surface area contributed by atoms with Crippen molar-refractivity contribution in [1.29, 1.82) is 0 Å². The van der Waals surface area contributed by atoms with E-state index in [2.05, 4.69) is 6.92 Å². The molecule has 2 aromatic carbocycles. The highest BCUT2D eigenvalue weighted by atomic mass is 35.5. The third kappa shape index (κ3) is 5.17. The van der Waals surface area contributed by atoms with Gasteiger partial charge in [-0.2, -0.15) is 0 Å². The van der Waals surface area contributed by atoms with Crippen molar-refractivity contribution in [2.45, 2.75) is 31.6 Å². The SMILES string of the molecule is CCCCOc1c(Cl)cc(C(=O)Sc2ccc(C)cc2)cc1Cl. The second-order valence-corrected chi connectivity index (χ2v) is 7.03. The van der Waals surface area contributed by atoms with Gasteiger partial charge in [0, 0.05) is 10.5 Å². The first-order valence-corrected chi connectivity index (χ1v) is 8.99. The van der Waals surface area contributed by atoms with Crippen molar-refractivity contribution in [3.8, 4) is 5.75 Å². The minimum atomic E-state index is -0.0993. The third-order valence-corrected chi connectivity index (χ3v) is 4.70. The first-order valence-electron chi connectivity index (χ1n) is 7.42. The molecule has 2 aromatic rings. The van der Waals surface area contributed by atoms with E-state index in [9.17, 15) is 4.79 Å². The highest BCUT2D eigenvalue weighted by molar-refractivity contribution is 8.14. The van der Waals surface area contributed by atoms with Gasteiger partial charge in [0.25, 0.3) is 0 Å². The summed E-state index contributed by atoms with van der Waals surface area (Å²) in [4.78, 5) is 13.3. The first-order chi connectivity index (χ1) is 11.0. The molecule has 0 fully saturated rings. The molecule has 0 amide bonds. The maximum absolute atomic E-state index is 12.4. The van der Waals surface area contributed by atoms with E-state index in [1.165, 1.54) is 0 Å². The molecule has 0 atom stereocenters. The van der Waals surface area contributed by atoms with Crippen molar-refractivity contribution in [2.75, 3.05) is 6.61 Å². The fraction of sp³-hybridized carbons (Fsp3) is 0.278. The van der Waals surface area contributed by atoms with E-state index in [1.54, 1.807) is 12.1 Å². The van der Waals surface area contributed by atoms with E-state index in [0.717, 1.165) is 35.1 Å². The molecule has 0 aliphatic heterocycles. The molecule has 0 bridgehead atoms. The Morgan fingerprint density at radius 1 is 1.13 bits per heavy atom. The summed E-state index contributed by atoms with van der Waals surface area (Å²) in [5, 5.41) is 0.626. The number of carbonyl (C=O) groups is 1. The lowest BCUT2D eigenvalue weighted by Crippen LogP contribution is -2.00. The summed E-state index contributed by atoms with van der Waals surface area (Å²) < 4.78 is 5.59. The molecule has 0 radical (unpaired) electrons. The number of hydrogen-bond acceptors (Lipinski definition) is 3. The topological polar surface area (TPSA) is 26.3 Å². The summed E-state index contributed by atoms with van der Waals surface area (Å²) in [6, 6.07) is 11.0. The molecule has 2 nitrogen and oxygen atoms in total. The molecule has 0 aliphatic carbocycles. The predicted molar refractivity (Wildman–Crippen MR) is 98.2 cm³/mol. The number of unbranched alkanes of at least 4 members (excludes halogenated alkanes) is 1. The van der Waals surface area contributed by atoms with Crippen molar-refractivity contribution >= 4 is 40.1 Å². The lowest BCUT2D eigenvalue weighted by Gasteiger charge is -2.11. The van der Waals surface area contributed by atoms with Crippen molar-refractivity contribution in [3.05, 3.63) is 57.6 Å². The summed E-state index contributed by atoms with van der Waals surface area (Å²) in [6.45, 7) is 4.64. The largest absolute Gasteiger partial charge is 0.490 e. The highest BCUT2D eigenvalue weighted by Gasteiger charge is 2.15. The van der Waals surface area contributed by atoms with Gasteiger partial charge in [-0.1, -0.05) is 54.2 Å². The van der Waals surface area contributed by atoms with Gasteiger partial charge in [0.2, 0.25) is 5.12 Å². The van der Waals surface area contributed by atoms with Gasteiger partial charge in [0.05, 0.1) is 16.7 Å². The van der Waals surface area contributed by atoms with Gasteiger partial charge in [-0.25, -0.2) is 0 Å². The standard InChI is InChI=1S/C18H18Cl2O2S/c1-3-4-9-22-17-15(19)10-13(11-16(17)20)18(21)23-14-7-5-12(2)6-8-14/h5-8,10-11H,3-4,9H2,1-2H3. The molecular formula is C18H18Cl2O2S. The molecule has 0 spiro atoms. The van der Waals surface area contributed by atoms with Gasteiger partial charge in [0.1, 0.15) is 0 Å². The average molecular weight is 369 g/mol. The zero-order valence-electron chi connectivity index (χ0n) is 13.1. The summed E-state index contributed by atoms with van der Waals surface area (Å²) in [5.74, 6) is 0.443. The van der Waals surface area contributed by atoms with Crippen LogP contribution in [0.15, 0.2) is 41.3 Å². The third-order valence-electron chi connectivity index (χ3n) is 3.21. The van der Waals surface area contributed by atoms with Crippen LogP contribution in [0.2, 0.25) is 10.0 Å². The smallest absolute Gasteiger partial charge is 0.224 e. The van der Waals surface area contributed by atoms with Crippen molar-refractivity contribution in [1.82, 2.24) is 0 Å². The molecule has 122 valence electrons. The number of carbonyl (C=O) groups excluding carboxylic acids is 1. The fourth-order valence-electron chi connectivity index (χ4n) is 1.91. The summed E-state index contributed by atoms with van der Waals surface area (Å²) >= 11 is 13.6. The summed E-state index contributed by atoms with van der Waals surface area (Å²) in [6.07, 6.45) is 1.95. The Hall–Kier alpha value is -1.16. The van der Waals surface area contributed by atoms with Gasteiger partial charge in [-0.05, 0) is 49.4 Å². The van der Waals surface area contributed by atoms with E-state index >= 15 is 0 Å². The Morgan fingerprint density at radius 2 is 1.74 bits per heavy atom. The Balaban J connectivity index is 2.13. The molecule has 0 aromatic heterocycles. The number of rotatable bonds is 6. The summed E-state index contributed by atoms with van der Waals surface area (Å²) in [7, 11) is 0. The first kappa shape index (κ1) is 18.2. The molecule has 0 N–H and O–H groups in total. The second-order valence-electron chi connectivity index (χ2n) is 5.17. The number of halogens is 2. The average Bonchev–Trinajstić information content (AvgIpc) is 2.52. The van der Waals surface area contributed by atoms with Gasteiger partial charge in [-0.3, -0.25) is 4.79 Å². The lowest BCUT2D eigenvalue weighted by molar-refractivity contribution is 0.108. The van der Waals surface area contributed by atoms with Crippen LogP contribution in [-0.4, -0.2) is 11.7 Å². The monoisotopic (exact) mass is 368 g/mol. The Bertz CT molecular complexity index is 661. The van der Waals surface area contributed by atoms with E-state index < -0.39 is 0 Å². The Labute approximate surface area is 151 Å². The van der Waals surface area contributed by atoms with Crippen LogP contribution >= 0.6 is 35.0 Å². The minimum absolute atomic E-state index is 0.0993. The Kier molecular flexibility index (Phi) is 6.82. The van der Waals surface area contributed by atoms with Crippen molar-refractivity contribution in [3.63, 3.8) is 0 Å². The van der Waals surface area contributed by atoms with Crippen LogP contribution in [0.3, 0.4) is 0 Å². The molecule has 5 heteroatoms. The van der Waals surface area contributed by atoms with Crippen molar-refractivity contribution in [2.24, 2.45) is 0 Å². The zero-order valence-corrected chi connectivity index (χ0v) is 15.4. The van der Waals surface area contributed by atoms with E-state index in [-0.39, 0.29) is 5.12 Å². The van der Waals surface area contributed by atoms with Gasteiger partial charge in [0.15, 0.2) is 5.75 Å². The molecule has 2 rings (SSSR count). The molecule has 0 heterocycles. The molecular weight excluding hydrogens is 351 g/mol. The molecule has 0 aliphatic rings. The molecule has 23 heavy (non-hydrogen) atoms. The van der Waals surface area contributed by atoms with Gasteiger partial charge in [-0.15, -0.1) is 0 Å². The van der Waals surface area contributed by atoms with Crippen LogP contribution in [0.4, 0.5) is 0 Å². The van der Waals surface area contributed by atoms with Crippen LogP contribution in [0.5, 0.6) is 5.75 Å². The molecule has 0 unspecified atom stereocenters. The maximum atomic E-state index is 12.4. The van der Waals surface area contributed by atoms with E-state index in [0.29, 0.717) is 28.0 Å². The second kappa shape index (κ2) is 8.62. The van der Waals surface area contributed by atoms with Crippen molar-refractivity contribution < 1.29 is 9.53 Å². The van der Waals surface area contributed by atoms with Crippen LogP contribution in [-0.2, 0) is 0 Å². The highest BCUT2D eigenvalue weighted by Crippen LogP contribution is 2.36. The quantitative estimate of drug-likeness (QED) is 0.434. The number of aryl methyl sites for hydroxylation is 1.